The first-order valence-corrected chi connectivity index (χ1v) is 5.65. The molecule has 0 saturated carbocycles. The van der Waals surface area contributed by atoms with Gasteiger partial charge in [-0.3, -0.25) is 10.3 Å². The Morgan fingerprint density at radius 3 is 2.88 bits per heavy atom. The van der Waals surface area contributed by atoms with E-state index in [2.05, 4.69) is 52.8 Å². The van der Waals surface area contributed by atoms with Gasteiger partial charge >= 0.3 is 0 Å². The van der Waals surface area contributed by atoms with E-state index in [1.165, 1.54) is 16.3 Å². The van der Waals surface area contributed by atoms with Crippen LogP contribution in [0.2, 0.25) is 0 Å². The molecule has 0 aliphatic carbocycles. The van der Waals surface area contributed by atoms with Gasteiger partial charge < -0.3 is 0 Å². The van der Waals surface area contributed by atoms with Gasteiger partial charge in [-0.05, 0) is 16.3 Å². The molecule has 1 N–H and O–H groups in total. The molecular formula is C14H14N2. The van der Waals surface area contributed by atoms with Crippen LogP contribution < -0.4 is 5.32 Å². The Balaban J connectivity index is 1.99. The smallest absolute Gasteiger partial charge is 0.103 e. The zero-order chi connectivity index (χ0) is 10.8. The highest BCUT2D eigenvalue weighted by Gasteiger charge is 2.11. The first kappa shape index (κ1) is 9.55. The maximum atomic E-state index is 4.40. The molecule has 0 radical (unpaired) electrons. The second-order valence-electron chi connectivity index (χ2n) is 4.10. The van der Waals surface area contributed by atoms with Crippen LogP contribution in [0.3, 0.4) is 0 Å². The van der Waals surface area contributed by atoms with Crippen LogP contribution in [0.5, 0.6) is 0 Å². The number of nitrogens with one attached hydrogen (secondary N) is 1. The monoisotopic (exact) mass is 210 g/mol. The van der Waals surface area contributed by atoms with Gasteiger partial charge in [0.25, 0.3) is 0 Å². The van der Waals surface area contributed by atoms with Crippen LogP contribution in [0.15, 0.2) is 47.5 Å². The lowest BCUT2D eigenvalue weighted by Gasteiger charge is -2.10. The van der Waals surface area contributed by atoms with E-state index in [9.17, 15) is 0 Å². The molecule has 2 nitrogen and oxygen atoms in total. The summed E-state index contributed by atoms with van der Waals surface area (Å²) in [4.78, 5) is 4.40. The van der Waals surface area contributed by atoms with Crippen molar-refractivity contribution in [1.29, 1.82) is 0 Å². The third kappa shape index (κ3) is 1.72. The highest BCUT2D eigenvalue weighted by molar-refractivity contribution is 5.85. The molecule has 3 rings (SSSR count). The van der Waals surface area contributed by atoms with Gasteiger partial charge in [0.2, 0.25) is 0 Å². The van der Waals surface area contributed by atoms with Crippen molar-refractivity contribution in [1.82, 2.24) is 5.32 Å². The van der Waals surface area contributed by atoms with Gasteiger partial charge in [0.15, 0.2) is 0 Å². The number of hydrogen-bond donors (Lipinski definition) is 1. The van der Waals surface area contributed by atoms with Crippen LogP contribution in [-0.2, 0) is 6.42 Å². The Hall–Kier alpha value is -1.67. The second-order valence-corrected chi connectivity index (χ2v) is 4.10. The van der Waals surface area contributed by atoms with Gasteiger partial charge in [-0.2, -0.15) is 0 Å². The third-order valence-electron chi connectivity index (χ3n) is 3.02. The van der Waals surface area contributed by atoms with Crippen LogP contribution in [0.4, 0.5) is 0 Å². The molecule has 0 spiro atoms. The number of rotatable bonds is 2. The van der Waals surface area contributed by atoms with Crippen molar-refractivity contribution in [2.75, 3.05) is 6.54 Å². The van der Waals surface area contributed by atoms with Gasteiger partial charge in [0.05, 0.1) is 0 Å². The third-order valence-corrected chi connectivity index (χ3v) is 3.02. The lowest BCUT2D eigenvalue weighted by Crippen LogP contribution is -2.24. The highest BCUT2D eigenvalue weighted by Crippen LogP contribution is 2.20. The lowest BCUT2D eigenvalue weighted by atomic mass is 10.0. The van der Waals surface area contributed by atoms with E-state index in [1.807, 2.05) is 6.21 Å². The van der Waals surface area contributed by atoms with E-state index in [-0.39, 0.29) is 6.17 Å². The SMILES string of the molecule is C1=NC(Cc2cccc3ccccc23)NC1. The Kier molecular flexibility index (Phi) is 2.43. The molecule has 0 aromatic heterocycles. The zero-order valence-corrected chi connectivity index (χ0v) is 9.06. The van der Waals surface area contributed by atoms with E-state index in [0.717, 1.165) is 13.0 Å². The molecular weight excluding hydrogens is 196 g/mol. The molecule has 2 aromatic carbocycles. The molecule has 2 heteroatoms. The van der Waals surface area contributed by atoms with Crippen LogP contribution in [0.1, 0.15) is 5.56 Å². The van der Waals surface area contributed by atoms with Crippen molar-refractivity contribution in [3.05, 3.63) is 48.0 Å². The molecule has 0 bridgehead atoms. The van der Waals surface area contributed by atoms with Crippen molar-refractivity contribution in [3.8, 4) is 0 Å². The van der Waals surface area contributed by atoms with Crippen molar-refractivity contribution < 1.29 is 0 Å². The van der Waals surface area contributed by atoms with Crippen LogP contribution in [-0.4, -0.2) is 18.9 Å². The van der Waals surface area contributed by atoms with E-state index in [1.54, 1.807) is 0 Å². The summed E-state index contributed by atoms with van der Waals surface area (Å²) in [6.45, 7) is 0.898. The average molecular weight is 210 g/mol. The summed E-state index contributed by atoms with van der Waals surface area (Å²) in [6, 6.07) is 15.0. The second kappa shape index (κ2) is 4.06. The minimum absolute atomic E-state index is 0.255. The summed E-state index contributed by atoms with van der Waals surface area (Å²) < 4.78 is 0. The first-order valence-electron chi connectivity index (χ1n) is 5.65. The minimum atomic E-state index is 0.255. The van der Waals surface area contributed by atoms with Gasteiger partial charge in [-0.15, -0.1) is 0 Å². The van der Waals surface area contributed by atoms with Crippen molar-refractivity contribution in [2.45, 2.75) is 12.6 Å². The summed E-state index contributed by atoms with van der Waals surface area (Å²) in [5, 5.41) is 6.00. The molecule has 0 amide bonds. The summed E-state index contributed by atoms with van der Waals surface area (Å²) in [6.07, 6.45) is 3.18. The number of benzene rings is 2. The molecule has 16 heavy (non-hydrogen) atoms. The fourth-order valence-corrected chi connectivity index (χ4v) is 2.23. The number of aliphatic imine (C=N–C) groups is 1. The number of hydrogen-bond acceptors (Lipinski definition) is 2. The molecule has 1 aliphatic heterocycles. The summed E-state index contributed by atoms with van der Waals surface area (Å²) in [5.74, 6) is 0. The molecule has 0 saturated heterocycles. The maximum Gasteiger partial charge on any atom is 0.103 e. The van der Waals surface area contributed by atoms with Crippen LogP contribution in [0, 0.1) is 0 Å². The Morgan fingerprint density at radius 1 is 1.12 bits per heavy atom. The van der Waals surface area contributed by atoms with Gasteiger partial charge in [0.1, 0.15) is 6.17 Å². The Morgan fingerprint density at radius 2 is 2.00 bits per heavy atom. The van der Waals surface area contributed by atoms with Gasteiger partial charge in [0, 0.05) is 19.2 Å². The van der Waals surface area contributed by atoms with Crippen molar-refractivity contribution >= 4 is 17.0 Å². The van der Waals surface area contributed by atoms with E-state index >= 15 is 0 Å². The zero-order valence-electron chi connectivity index (χ0n) is 9.06. The lowest BCUT2D eigenvalue weighted by molar-refractivity contribution is 0.603. The summed E-state index contributed by atoms with van der Waals surface area (Å²) in [5.41, 5.74) is 1.37. The molecule has 1 unspecified atom stereocenters. The first-order chi connectivity index (χ1) is 7.93. The molecule has 1 aliphatic rings. The van der Waals surface area contributed by atoms with Crippen molar-refractivity contribution in [3.63, 3.8) is 0 Å². The van der Waals surface area contributed by atoms with Crippen molar-refractivity contribution in [2.24, 2.45) is 4.99 Å². The van der Waals surface area contributed by atoms with Gasteiger partial charge in [-0.25, -0.2) is 0 Å². The van der Waals surface area contributed by atoms with E-state index in [0.29, 0.717) is 0 Å². The normalized spacial score (nSPS) is 19.4. The molecule has 2 aromatic rings. The minimum Gasteiger partial charge on any atom is -0.290 e. The molecule has 80 valence electrons. The molecule has 0 fully saturated rings. The number of nitrogens with zero attached hydrogens (tertiary/aromatic N) is 1. The molecule has 1 atom stereocenters. The largest absolute Gasteiger partial charge is 0.290 e. The quantitative estimate of drug-likeness (QED) is 0.808. The van der Waals surface area contributed by atoms with Crippen LogP contribution in [0.25, 0.3) is 10.8 Å². The summed E-state index contributed by atoms with van der Waals surface area (Å²) >= 11 is 0. The molecule has 1 heterocycles. The predicted molar refractivity (Wildman–Crippen MR) is 67.9 cm³/mol. The Bertz CT molecular complexity index is 526. The Labute approximate surface area is 95.0 Å². The van der Waals surface area contributed by atoms with Gasteiger partial charge in [-0.1, -0.05) is 42.5 Å². The number of fused-ring (bicyclic) bond motifs is 1. The van der Waals surface area contributed by atoms with E-state index in [4.69, 9.17) is 0 Å². The fourth-order valence-electron chi connectivity index (χ4n) is 2.23. The topological polar surface area (TPSA) is 24.4 Å². The average Bonchev–Trinajstić information content (AvgIpc) is 2.82. The predicted octanol–water partition coefficient (Wildman–Crippen LogP) is 2.38. The standard InChI is InChI=1S/C14H14N2/c1-2-7-13-11(4-1)5-3-6-12(13)10-14-15-8-9-16-14/h1-8,14,16H,9-10H2. The fraction of sp³-hybridized carbons (Fsp3) is 0.214. The summed E-state index contributed by atoms with van der Waals surface area (Å²) in [7, 11) is 0. The highest BCUT2D eigenvalue weighted by atomic mass is 15.1. The maximum absolute atomic E-state index is 4.40. The van der Waals surface area contributed by atoms with E-state index < -0.39 is 0 Å². The van der Waals surface area contributed by atoms with Crippen LogP contribution >= 0.6 is 0 Å².